The molecular formula is C13H17N3O. The van der Waals surface area contributed by atoms with Gasteiger partial charge in [0.05, 0.1) is 11.4 Å². The second-order valence-electron chi connectivity index (χ2n) is 4.54. The highest BCUT2D eigenvalue weighted by Crippen LogP contribution is 2.19. The maximum Gasteiger partial charge on any atom is 0.294 e. The maximum absolute atomic E-state index is 12.0. The smallest absolute Gasteiger partial charge is 0.294 e. The molecule has 0 atom stereocenters. The SMILES string of the molecule is Cc1cc(C)c(-n2[nH]c(C)c(N)c2=O)c(C)c1. The molecule has 4 nitrogen and oxygen atoms in total. The molecule has 17 heavy (non-hydrogen) atoms. The van der Waals surface area contributed by atoms with Crippen LogP contribution in [-0.2, 0) is 0 Å². The minimum Gasteiger partial charge on any atom is -0.393 e. The summed E-state index contributed by atoms with van der Waals surface area (Å²) in [6.07, 6.45) is 0. The fourth-order valence-corrected chi connectivity index (χ4v) is 2.24. The summed E-state index contributed by atoms with van der Waals surface area (Å²) in [5, 5.41) is 3.01. The Labute approximate surface area is 100 Å². The number of H-pyrrole nitrogens is 1. The minimum atomic E-state index is -0.183. The number of aryl methyl sites for hydroxylation is 4. The molecule has 0 radical (unpaired) electrons. The van der Waals surface area contributed by atoms with Gasteiger partial charge in [0.15, 0.2) is 0 Å². The Morgan fingerprint density at radius 3 is 2.06 bits per heavy atom. The third kappa shape index (κ3) is 1.75. The summed E-state index contributed by atoms with van der Waals surface area (Å²) in [5.41, 5.74) is 10.7. The van der Waals surface area contributed by atoms with Crippen LogP contribution >= 0.6 is 0 Å². The van der Waals surface area contributed by atoms with Crippen molar-refractivity contribution in [3.8, 4) is 5.69 Å². The molecule has 0 spiro atoms. The average Bonchev–Trinajstić information content (AvgIpc) is 2.45. The monoisotopic (exact) mass is 231 g/mol. The van der Waals surface area contributed by atoms with Crippen molar-refractivity contribution >= 4 is 5.69 Å². The second kappa shape index (κ2) is 3.80. The number of aromatic nitrogens is 2. The first-order chi connectivity index (χ1) is 7.91. The van der Waals surface area contributed by atoms with E-state index in [1.807, 2.05) is 20.8 Å². The van der Waals surface area contributed by atoms with Crippen molar-refractivity contribution < 1.29 is 0 Å². The number of nitrogens with two attached hydrogens (primary N) is 1. The number of benzene rings is 1. The van der Waals surface area contributed by atoms with Crippen LogP contribution in [0.25, 0.3) is 5.69 Å². The molecule has 0 saturated heterocycles. The van der Waals surface area contributed by atoms with Gasteiger partial charge >= 0.3 is 0 Å². The normalized spacial score (nSPS) is 10.8. The molecule has 0 aliphatic heterocycles. The van der Waals surface area contributed by atoms with Gasteiger partial charge in [-0.1, -0.05) is 17.7 Å². The quantitative estimate of drug-likeness (QED) is 0.788. The van der Waals surface area contributed by atoms with Crippen LogP contribution < -0.4 is 11.3 Å². The van der Waals surface area contributed by atoms with E-state index < -0.39 is 0 Å². The van der Waals surface area contributed by atoms with Crippen molar-refractivity contribution in [3.63, 3.8) is 0 Å². The van der Waals surface area contributed by atoms with E-state index in [-0.39, 0.29) is 11.2 Å². The van der Waals surface area contributed by atoms with Crippen molar-refractivity contribution in [2.75, 3.05) is 5.73 Å². The lowest BCUT2D eigenvalue weighted by Gasteiger charge is -2.11. The van der Waals surface area contributed by atoms with Gasteiger partial charge in [-0.25, -0.2) is 4.68 Å². The van der Waals surface area contributed by atoms with Gasteiger partial charge in [-0.05, 0) is 38.8 Å². The van der Waals surface area contributed by atoms with E-state index in [1.54, 1.807) is 6.92 Å². The number of rotatable bonds is 1. The lowest BCUT2D eigenvalue weighted by atomic mass is 10.1. The van der Waals surface area contributed by atoms with Crippen molar-refractivity contribution in [3.05, 3.63) is 44.9 Å². The highest BCUT2D eigenvalue weighted by molar-refractivity contribution is 5.51. The van der Waals surface area contributed by atoms with Gasteiger partial charge in [0.25, 0.3) is 5.56 Å². The van der Waals surface area contributed by atoms with Gasteiger partial charge in [-0.2, -0.15) is 0 Å². The Morgan fingerprint density at radius 2 is 1.65 bits per heavy atom. The van der Waals surface area contributed by atoms with Gasteiger partial charge in [0, 0.05) is 0 Å². The Kier molecular flexibility index (Phi) is 2.58. The average molecular weight is 231 g/mol. The molecule has 2 aromatic rings. The molecule has 1 aromatic heterocycles. The van der Waals surface area contributed by atoms with E-state index in [2.05, 4.69) is 17.2 Å². The summed E-state index contributed by atoms with van der Waals surface area (Å²) >= 11 is 0. The topological polar surface area (TPSA) is 63.8 Å². The highest BCUT2D eigenvalue weighted by Gasteiger charge is 2.13. The second-order valence-corrected chi connectivity index (χ2v) is 4.54. The molecule has 0 amide bonds. The summed E-state index contributed by atoms with van der Waals surface area (Å²) < 4.78 is 1.52. The molecule has 4 heteroatoms. The first-order valence-electron chi connectivity index (χ1n) is 5.57. The molecule has 2 rings (SSSR count). The summed E-state index contributed by atoms with van der Waals surface area (Å²) in [6.45, 7) is 7.83. The number of aromatic amines is 1. The van der Waals surface area contributed by atoms with E-state index in [0.717, 1.165) is 16.8 Å². The lowest BCUT2D eigenvalue weighted by molar-refractivity contribution is 0.822. The predicted molar refractivity (Wildman–Crippen MR) is 69.8 cm³/mol. The molecule has 0 fully saturated rings. The molecule has 0 bridgehead atoms. The van der Waals surface area contributed by atoms with Crippen LogP contribution in [-0.4, -0.2) is 9.78 Å². The standard InChI is InChI=1S/C13H17N3O/c1-7-5-8(2)12(9(3)6-7)16-13(17)11(14)10(4)15-16/h5-6,15H,14H2,1-4H3. The van der Waals surface area contributed by atoms with E-state index >= 15 is 0 Å². The van der Waals surface area contributed by atoms with Crippen molar-refractivity contribution in [2.45, 2.75) is 27.7 Å². The van der Waals surface area contributed by atoms with Crippen molar-refractivity contribution in [2.24, 2.45) is 0 Å². The first kappa shape index (κ1) is 11.5. The lowest BCUT2D eigenvalue weighted by Crippen LogP contribution is -2.18. The molecular weight excluding hydrogens is 214 g/mol. The van der Waals surface area contributed by atoms with Crippen LogP contribution in [0.3, 0.4) is 0 Å². The molecule has 3 N–H and O–H groups in total. The Balaban J connectivity index is 2.77. The summed E-state index contributed by atoms with van der Waals surface area (Å²) in [5.74, 6) is 0. The van der Waals surface area contributed by atoms with Crippen molar-refractivity contribution in [1.82, 2.24) is 9.78 Å². The summed E-state index contributed by atoms with van der Waals surface area (Å²) in [7, 11) is 0. The van der Waals surface area contributed by atoms with Crippen LogP contribution in [0.1, 0.15) is 22.4 Å². The first-order valence-corrected chi connectivity index (χ1v) is 5.57. The zero-order valence-corrected chi connectivity index (χ0v) is 10.6. The third-order valence-corrected chi connectivity index (χ3v) is 2.98. The van der Waals surface area contributed by atoms with Gasteiger partial charge in [-0.3, -0.25) is 9.89 Å². The van der Waals surface area contributed by atoms with Gasteiger partial charge < -0.3 is 5.73 Å². The van der Waals surface area contributed by atoms with E-state index in [4.69, 9.17) is 5.73 Å². The molecule has 1 aromatic carbocycles. The van der Waals surface area contributed by atoms with Crippen LogP contribution in [0, 0.1) is 27.7 Å². The molecule has 0 aliphatic carbocycles. The largest absolute Gasteiger partial charge is 0.393 e. The fraction of sp³-hybridized carbons (Fsp3) is 0.308. The van der Waals surface area contributed by atoms with E-state index in [9.17, 15) is 4.79 Å². The number of hydrogen-bond donors (Lipinski definition) is 2. The van der Waals surface area contributed by atoms with Crippen molar-refractivity contribution in [1.29, 1.82) is 0 Å². The minimum absolute atomic E-state index is 0.183. The zero-order valence-electron chi connectivity index (χ0n) is 10.6. The molecule has 0 saturated carbocycles. The Morgan fingerprint density at radius 1 is 1.12 bits per heavy atom. The molecule has 0 unspecified atom stereocenters. The number of nitrogen functional groups attached to an aromatic ring is 1. The van der Waals surface area contributed by atoms with Crippen LogP contribution in [0.15, 0.2) is 16.9 Å². The van der Waals surface area contributed by atoms with Gasteiger partial charge in [0.1, 0.15) is 5.69 Å². The van der Waals surface area contributed by atoms with Crippen LogP contribution in [0.2, 0.25) is 0 Å². The number of hydrogen-bond acceptors (Lipinski definition) is 2. The fourth-order valence-electron chi connectivity index (χ4n) is 2.24. The van der Waals surface area contributed by atoms with E-state index in [0.29, 0.717) is 5.69 Å². The highest BCUT2D eigenvalue weighted by atomic mass is 16.1. The molecule has 90 valence electrons. The number of nitrogens with one attached hydrogen (secondary N) is 1. The van der Waals surface area contributed by atoms with Gasteiger partial charge in [-0.15, -0.1) is 0 Å². The van der Waals surface area contributed by atoms with Crippen LogP contribution in [0.5, 0.6) is 0 Å². The summed E-state index contributed by atoms with van der Waals surface area (Å²) in [6, 6.07) is 4.11. The van der Waals surface area contributed by atoms with Crippen LogP contribution in [0.4, 0.5) is 5.69 Å². The van der Waals surface area contributed by atoms with Gasteiger partial charge in [0.2, 0.25) is 0 Å². The maximum atomic E-state index is 12.0. The van der Waals surface area contributed by atoms with E-state index in [1.165, 1.54) is 10.2 Å². The number of anilines is 1. The predicted octanol–water partition coefficient (Wildman–Crippen LogP) is 1.98. The Bertz CT molecular complexity index is 612. The number of nitrogens with zero attached hydrogens (tertiary/aromatic N) is 1. The summed E-state index contributed by atoms with van der Waals surface area (Å²) in [4.78, 5) is 12.0. The molecule has 1 heterocycles. The third-order valence-electron chi connectivity index (χ3n) is 2.98. The Hall–Kier alpha value is -1.97. The molecule has 0 aliphatic rings. The zero-order chi connectivity index (χ0) is 12.7.